The molecule has 1 N–H and O–H groups in total. The highest BCUT2D eigenvalue weighted by molar-refractivity contribution is 5.97. The molecular weight excluding hydrogens is 246 g/mol. The Labute approximate surface area is 112 Å². The number of hydrogen-bond donors (Lipinski definition) is 1. The highest BCUT2D eigenvalue weighted by atomic mass is 16.5. The molecule has 19 heavy (non-hydrogen) atoms. The van der Waals surface area contributed by atoms with E-state index in [9.17, 15) is 9.59 Å². The van der Waals surface area contributed by atoms with E-state index in [1.54, 1.807) is 46.1 Å². The van der Waals surface area contributed by atoms with E-state index in [2.05, 4.69) is 0 Å². The monoisotopic (exact) mass is 265 g/mol. The molecule has 5 nitrogen and oxygen atoms in total. The number of rotatable bonds is 5. The van der Waals surface area contributed by atoms with Crippen LogP contribution in [0.2, 0.25) is 0 Å². The van der Waals surface area contributed by atoms with Crippen LogP contribution in [0.4, 0.5) is 0 Å². The predicted octanol–water partition coefficient (Wildman–Crippen LogP) is 1.94. The summed E-state index contributed by atoms with van der Waals surface area (Å²) in [5.74, 6) is -0.630. The molecule has 0 bridgehead atoms. The van der Waals surface area contributed by atoms with E-state index in [0.717, 1.165) is 5.56 Å². The first kappa shape index (κ1) is 15.0. The minimum absolute atomic E-state index is 0.176. The second-order valence-corrected chi connectivity index (χ2v) is 4.60. The molecule has 0 aromatic heterocycles. The SMILES string of the molecule is COc1ccc(C(=O)N(CC(=O)O)C(C)C)c(C)c1. The van der Waals surface area contributed by atoms with Crippen LogP contribution in [-0.4, -0.2) is 41.6 Å². The third-order valence-corrected chi connectivity index (χ3v) is 2.85. The number of methoxy groups -OCH3 is 1. The Morgan fingerprint density at radius 2 is 2.00 bits per heavy atom. The van der Waals surface area contributed by atoms with E-state index in [4.69, 9.17) is 9.84 Å². The fourth-order valence-electron chi connectivity index (χ4n) is 1.79. The van der Waals surface area contributed by atoms with E-state index < -0.39 is 5.97 Å². The summed E-state index contributed by atoms with van der Waals surface area (Å²) in [6.45, 7) is 5.08. The van der Waals surface area contributed by atoms with Crippen LogP contribution >= 0.6 is 0 Å². The molecule has 0 fully saturated rings. The number of hydrogen-bond acceptors (Lipinski definition) is 3. The molecule has 5 heteroatoms. The van der Waals surface area contributed by atoms with Gasteiger partial charge in [0, 0.05) is 11.6 Å². The summed E-state index contributed by atoms with van der Waals surface area (Å²) in [5.41, 5.74) is 1.26. The van der Waals surface area contributed by atoms with Crippen molar-refractivity contribution in [2.75, 3.05) is 13.7 Å². The van der Waals surface area contributed by atoms with Crippen LogP contribution in [0.25, 0.3) is 0 Å². The average Bonchev–Trinajstić information content (AvgIpc) is 2.34. The average molecular weight is 265 g/mol. The number of carboxylic acids is 1. The number of aryl methyl sites for hydroxylation is 1. The fourth-order valence-corrected chi connectivity index (χ4v) is 1.79. The van der Waals surface area contributed by atoms with Gasteiger partial charge in [0.05, 0.1) is 7.11 Å². The summed E-state index contributed by atoms with van der Waals surface area (Å²) in [6.07, 6.45) is 0. The number of carbonyl (C=O) groups excluding carboxylic acids is 1. The molecule has 1 rings (SSSR count). The number of nitrogens with zero attached hydrogens (tertiary/aromatic N) is 1. The predicted molar refractivity (Wildman–Crippen MR) is 71.5 cm³/mol. The molecule has 1 amide bonds. The van der Waals surface area contributed by atoms with Gasteiger partial charge in [0.2, 0.25) is 0 Å². The molecular formula is C14H19NO4. The summed E-state index contributed by atoms with van der Waals surface area (Å²) in [4.78, 5) is 24.5. The molecule has 0 heterocycles. The molecule has 1 aromatic rings. The van der Waals surface area contributed by atoms with E-state index >= 15 is 0 Å². The first-order valence-electron chi connectivity index (χ1n) is 6.04. The van der Waals surface area contributed by atoms with Crippen molar-refractivity contribution in [3.05, 3.63) is 29.3 Å². The normalized spacial score (nSPS) is 10.4. The summed E-state index contributed by atoms with van der Waals surface area (Å²) in [6, 6.07) is 4.94. The molecule has 0 saturated heterocycles. The van der Waals surface area contributed by atoms with Gasteiger partial charge in [-0.05, 0) is 44.5 Å². The lowest BCUT2D eigenvalue weighted by molar-refractivity contribution is -0.138. The van der Waals surface area contributed by atoms with Gasteiger partial charge in [-0.3, -0.25) is 9.59 Å². The summed E-state index contributed by atoms with van der Waals surface area (Å²) in [7, 11) is 1.56. The lowest BCUT2D eigenvalue weighted by atomic mass is 10.1. The van der Waals surface area contributed by atoms with Crippen molar-refractivity contribution in [2.24, 2.45) is 0 Å². The van der Waals surface area contributed by atoms with Crippen LogP contribution in [0.5, 0.6) is 5.75 Å². The minimum atomic E-state index is -1.02. The molecule has 0 aliphatic heterocycles. The van der Waals surface area contributed by atoms with Crippen LogP contribution in [0.3, 0.4) is 0 Å². The van der Waals surface area contributed by atoms with Crippen LogP contribution in [0.1, 0.15) is 29.8 Å². The Bertz CT molecular complexity index is 482. The lowest BCUT2D eigenvalue weighted by Gasteiger charge is -2.25. The van der Waals surface area contributed by atoms with Crippen LogP contribution in [-0.2, 0) is 4.79 Å². The molecule has 0 aliphatic rings. The Kier molecular flexibility index (Phi) is 4.92. The molecule has 0 aliphatic carbocycles. The van der Waals surface area contributed by atoms with E-state index in [1.165, 1.54) is 4.90 Å². The topological polar surface area (TPSA) is 66.8 Å². The number of aliphatic carboxylic acids is 1. The molecule has 0 saturated carbocycles. The van der Waals surface area contributed by atoms with Crippen LogP contribution in [0.15, 0.2) is 18.2 Å². The van der Waals surface area contributed by atoms with Gasteiger partial charge in [-0.15, -0.1) is 0 Å². The van der Waals surface area contributed by atoms with Gasteiger partial charge in [0.15, 0.2) is 0 Å². The molecule has 0 unspecified atom stereocenters. The smallest absolute Gasteiger partial charge is 0.323 e. The van der Waals surface area contributed by atoms with Gasteiger partial charge in [-0.2, -0.15) is 0 Å². The summed E-state index contributed by atoms with van der Waals surface area (Å²) in [5, 5.41) is 8.87. The molecule has 0 atom stereocenters. The van der Waals surface area contributed by atoms with Crippen molar-refractivity contribution in [3.63, 3.8) is 0 Å². The van der Waals surface area contributed by atoms with Gasteiger partial charge in [0.1, 0.15) is 12.3 Å². The quantitative estimate of drug-likeness (QED) is 0.883. The summed E-state index contributed by atoms with van der Waals surface area (Å²) < 4.78 is 5.08. The second-order valence-electron chi connectivity index (χ2n) is 4.60. The van der Waals surface area contributed by atoms with Crippen molar-refractivity contribution < 1.29 is 19.4 Å². The zero-order valence-corrected chi connectivity index (χ0v) is 11.6. The maximum Gasteiger partial charge on any atom is 0.323 e. The summed E-state index contributed by atoms with van der Waals surface area (Å²) >= 11 is 0. The van der Waals surface area contributed by atoms with E-state index in [0.29, 0.717) is 11.3 Å². The first-order chi connectivity index (χ1) is 8.86. The third kappa shape index (κ3) is 3.71. The number of ether oxygens (including phenoxy) is 1. The van der Waals surface area contributed by atoms with Gasteiger partial charge >= 0.3 is 5.97 Å². The number of carboxylic acid groups (broad SMARTS) is 1. The van der Waals surface area contributed by atoms with Crippen molar-refractivity contribution in [2.45, 2.75) is 26.8 Å². The van der Waals surface area contributed by atoms with Gasteiger partial charge in [-0.25, -0.2) is 0 Å². The Balaban J connectivity index is 3.06. The van der Waals surface area contributed by atoms with Crippen LogP contribution < -0.4 is 4.74 Å². The van der Waals surface area contributed by atoms with E-state index in [-0.39, 0.29) is 18.5 Å². The Morgan fingerprint density at radius 3 is 2.42 bits per heavy atom. The highest BCUT2D eigenvalue weighted by Crippen LogP contribution is 2.19. The Hall–Kier alpha value is -2.04. The maximum absolute atomic E-state index is 12.4. The first-order valence-corrected chi connectivity index (χ1v) is 6.04. The standard InChI is InChI=1S/C14H19NO4/c1-9(2)15(8-13(16)17)14(18)12-6-5-11(19-4)7-10(12)3/h5-7,9H,8H2,1-4H3,(H,16,17). The lowest BCUT2D eigenvalue weighted by Crippen LogP contribution is -2.40. The fraction of sp³-hybridized carbons (Fsp3) is 0.429. The highest BCUT2D eigenvalue weighted by Gasteiger charge is 2.22. The van der Waals surface area contributed by atoms with E-state index in [1.807, 2.05) is 0 Å². The minimum Gasteiger partial charge on any atom is -0.497 e. The van der Waals surface area contributed by atoms with Crippen molar-refractivity contribution in [1.82, 2.24) is 4.90 Å². The maximum atomic E-state index is 12.4. The number of amides is 1. The number of benzene rings is 1. The number of carbonyl (C=O) groups is 2. The molecule has 0 radical (unpaired) electrons. The van der Waals surface area contributed by atoms with Gasteiger partial charge in [-0.1, -0.05) is 0 Å². The van der Waals surface area contributed by atoms with Gasteiger partial charge in [0.25, 0.3) is 5.91 Å². The van der Waals surface area contributed by atoms with Crippen molar-refractivity contribution >= 4 is 11.9 Å². The zero-order chi connectivity index (χ0) is 14.6. The second kappa shape index (κ2) is 6.22. The zero-order valence-electron chi connectivity index (χ0n) is 11.6. The van der Waals surface area contributed by atoms with Crippen LogP contribution in [0, 0.1) is 6.92 Å². The van der Waals surface area contributed by atoms with Crippen molar-refractivity contribution in [1.29, 1.82) is 0 Å². The molecule has 0 spiro atoms. The largest absolute Gasteiger partial charge is 0.497 e. The molecule has 1 aromatic carbocycles. The third-order valence-electron chi connectivity index (χ3n) is 2.85. The van der Waals surface area contributed by atoms with Gasteiger partial charge < -0.3 is 14.7 Å². The Morgan fingerprint density at radius 1 is 1.37 bits per heavy atom. The van der Waals surface area contributed by atoms with Crippen molar-refractivity contribution in [3.8, 4) is 5.75 Å². The molecule has 104 valence electrons.